The predicted octanol–water partition coefficient (Wildman–Crippen LogP) is 3.61. The van der Waals surface area contributed by atoms with Gasteiger partial charge < -0.3 is 19.3 Å². The summed E-state index contributed by atoms with van der Waals surface area (Å²) in [6.45, 7) is 1.72. The molecule has 7 nitrogen and oxygen atoms in total. The molecule has 1 fully saturated rings. The van der Waals surface area contributed by atoms with Crippen LogP contribution >= 0.6 is 15.9 Å². The molecular weight excluding hydrogens is 454 g/mol. The number of carbonyl (C=O) groups excluding carboxylic acids is 2. The van der Waals surface area contributed by atoms with E-state index in [4.69, 9.17) is 14.2 Å². The van der Waals surface area contributed by atoms with E-state index < -0.39 is 12.2 Å². The molecule has 3 atom stereocenters. The largest absolute Gasteiger partial charge is 0.496 e. The molecule has 2 unspecified atom stereocenters. The van der Waals surface area contributed by atoms with Gasteiger partial charge in [0.25, 0.3) is 0 Å². The van der Waals surface area contributed by atoms with Gasteiger partial charge in [-0.15, -0.1) is 0 Å². The minimum atomic E-state index is -0.959. The molecule has 1 aliphatic rings. The normalized spacial score (nSPS) is 19.9. The third kappa shape index (κ3) is 4.83. The van der Waals surface area contributed by atoms with Crippen molar-refractivity contribution in [2.24, 2.45) is 0 Å². The summed E-state index contributed by atoms with van der Waals surface area (Å²) in [6, 6.07) is 12.2. The molecule has 0 aliphatic carbocycles. The minimum Gasteiger partial charge on any atom is -0.496 e. The van der Waals surface area contributed by atoms with Crippen molar-refractivity contribution in [3.05, 3.63) is 63.6 Å². The molecule has 1 saturated heterocycles. The molecule has 0 aromatic heterocycles. The first-order valence-electron chi connectivity index (χ1n) is 9.46. The van der Waals surface area contributed by atoms with Crippen molar-refractivity contribution in [2.45, 2.75) is 31.7 Å². The summed E-state index contributed by atoms with van der Waals surface area (Å²) in [6.07, 6.45) is -0.838. The van der Waals surface area contributed by atoms with Crippen LogP contribution in [0, 0.1) is 0 Å². The van der Waals surface area contributed by atoms with Gasteiger partial charge in [-0.3, -0.25) is 9.69 Å². The predicted molar refractivity (Wildman–Crippen MR) is 113 cm³/mol. The average molecular weight is 478 g/mol. The van der Waals surface area contributed by atoms with Crippen LogP contribution in [0.15, 0.2) is 46.9 Å². The molecule has 0 spiro atoms. The molecule has 0 amide bonds. The Hall–Kier alpha value is -2.42. The Kier molecular flexibility index (Phi) is 7.12. The lowest BCUT2D eigenvalue weighted by atomic mass is 10.0. The van der Waals surface area contributed by atoms with Gasteiger partial charge in [0, 0.05) is 25.9 Å². The minimum absolute atomic E-state index is 0.261. The van der Waals surface area contributed by atoms with Crippen molar-refractivity contribution in [3.8, 4) is 5.75 Å². The number of nitrogens with zero attached hydrogens (tertiary/aromatic N) is 1. The summed E-state index contributed by atoms with van der Waals surface area (Å²) in [4.78, 5) is 25.3. The van der Waals surface area contributed by atoms with E-state index in [9.17, 15) is 14.7 Å². The highest BCUT2D eigenvalue weighted by molar-refractivity contribution is 9.10. The zero-order valence-electron chi connectivity index (χ0n) is 17.0. The van der Waals surface area contributed by atoms with Crippen molar-refractivity contribution in [3.63, 3.8) is 0 Å². The molecule has 3 rings (SSSR count). The number of aliphatic hydroxyl groups excluding tert-OH is 1. The van der Waals surface area contributed by atoms with Crippen LogP contribution in [-0.2, 0) is 14.3 Å². The lowest BCUT2D eigenvalue weighted by molar-refractivity contribution is -0.146. The van der Waals surface area contributed by atoms with Crippen LogP contribution in [0.4, 0.5) is 0 Å². The van der Waals surface area contributed by atoms with E-state index in [0.29, 0.717) is 29.8 Å². The van der Waals surface area contributed by atoms with Crippen molar-refractivity contribution < 1.29 is 28.9 Å². The quantitative estimate of drug-likeness (QED) is 0.635. The number of aliphatic hydroxyl groups is 1. The van der Waals surface area contributed by atoms with E-state index in [-0.39, 0.29) is 18.1 Å². The lowest BCUT2D eigenvalue weighted by Crippen LogP contribution is -2.30. The number of esters is 2. The van der Waals surface area contributed by atoms with Gasteiger partial charge >= 0.3 is 11.9 Å². The smallest absolute Gasteiger partial charge is 0.337 e. The molecule has 2 aromatic rings. The lowest BCUT2D eigenvalue weighted by Gasteiger charge is -2.30. The van der Waals surface area contributed by atoms with Crippen LogP contribution in [0.3, 0.4) is 0 Å². The summed E-state index contributed by atoms with van der Waals surface area (Å²) in [5.41, 5.74) is 1.90. The van der Waals surface area contributed by atoms with E-state index in [2.05, 4.69) is 15.9 Å². The zero-order valence-corrected chi connectivity index (χ0v) is 18.6. The Labute approximate surface area is 183 Å². The topological polar surface area (TPSA) is 85.3 Å². The number of likely N-dealkylation sites (tertiary alicyclic amines) is 1. The summed E-state index contributed by atoms with van der Waals surface area (Å²) >= 11 is 3.42. The van der Waals surface area contributed by atoms with Crippen LogP contribution in [-0.4, -0.2) is 48.8 Å². The number of carbonyl (C=O) groups is 2. The summed E-state index contributed by atoms with van der Waals surface area (Å²) in [7, 11) is 2.89. The number of ether oxygens (including phenoxy) is 3. The fourth-order valence-electron chi connectivity index (χ4n) is 3.76. The molecule has 0 radical (unpaired) electrons. The average Bonchev–Trinajstić information content (AvgIpc) is 3.16. The van der Waals surface area contributed by atoms with Crippen LogP contribution in [0.5, 0.6) is 5.75 Å². The Morgan fingerprint density at radius 1 is 1.20 bits per heavy atom. The Morgan fingerprint density at radius 2 is 1.97 bits per heavy atom. The van der Waals surface area contributed by atoms with Gasteiger partial charge in [-0.2, -0.15) is 0 Å². The highest BCUT2D eigenvalue weighted by Gasteiger charge is 2.39. The fraction of sp³-hybridized carbons (Fsp3) is 0.364. The van der Waals surface area contributed by atoms with Crippen LogP contribution in [0.2, 0.25) is 0 Å². The second-order valence-electron chi connectivity index (χ2n) is 7.06. The zero-order chi connectivity index (χ0) is 21.8. The van der Waals surface area contributed by atoms with Crippen molar-refractivity contribution in [1.29, 1.82) is 0 Å². The first-order valence-corrected chi connectivity index (χ1v) is 10.3. The Balaban J connectivity index is 1.95. The van der Waals surface area contributed by atoms with Crippen molar-refractivity contribution >= 4 is 27.9 Å². The van der Waals surface area contributed by atoms with E-state index in [1.807, 2.05) is 17.0 Å². The first-order chi connectivity index (χ1) is 14.3. The van der Waals surface area contributed by atoms with E-state index in [1.165, 1.54) is 14.0 Å². The summed E-state index contributed by atoms with van der Waals surface area (Å²) < 4.78 is 16.4. The van der Waals surface area contributed by atoms with Gasteiger partial charge in [0.2, 0.25) is 0 Å². The van der Waals surface area contributed by atoms with Gasteiger partial charge in [-0.05, 0) is 51.3 Å². The summed E-state index contributed by atoms with van der Waals surface area (Å²) in [5.74, 6) is -0.202. The van der Waals surface area contributed by atoms with Crippen LogP contribution in [0.1, 0.15) is 47.1 Å². The molecule has 0 bridgehead atoms. The maximum Gasteiger partial charge on any atom is 0.337 e. The molecular formula is C22H24BrNO6. The number of halogens is 1. The number of hydrogen-bond donors (Lipinski definition) is 1. The highest BCUT2D eigenvalue weighted by atomic mass is 79.9. The molecule has 160 valence electrons. The van der Waals surface area contributed by atoms with E-state index in [1.54, 1.807) is 37.4 Å². The maximum atomic E-state index is 12.0. The van der Waals surface area contributed by atoms with Gasteiger partial charge in [-0.1, -0.05) is 18.2 Å². The maximum absolute atomic E-state index is 12.0. The number of benzene rings is 2. The van der Waals surface area contributed by atoms with Crippen molar-refractivity contribution in [2.75, 3.05) is 20.8 Å². The number of hydrogen-bond acceptors (Lipinski definition) is 7. The second kappa shape index (κ2) is 9.59. The standard InChI is InChI=1S/C22H24BrNO6/c1-13(25)30-17-11-19(14-5-4-6-16(9-14)22(27)29-3)24(12-17)21(26)15-7-8-18(23)20(10-15)28-2/h4-10,17,19,21,26H,11-12H2,1-3H3/t17?,19-,21?/m1/s1. The Morgan fingerprint density at radius 3 is 2.63 bits per heavy atom. The van der Waals surface area contributed by atoms with E-state index >= 15 is 0 Å². The first kappa shape index (κ1) is 22.3. The van der Waals surface area contributed by atoms with Crippen LogP contribution in [0.25, 0.3) is 0 Å². The molecule has 2 aromatic carbocycles. The highest BCUT2D eigenvalue weighted by Crippen LogP contribution is 2.40. The van der Waals surface area contributed by atoms with Crippen LogP contribution < -0.4 is 4.74 Å². The third-order valence-electron chi connectivity index (χ3n) is 5.11. The van der Waals surface area contributed by atoms with Gasteiger partial charge in [0.1, 0.15) is 18.1 Å². The second-order valence-corrected chi connectivity index (χ2v) is 7.92. The number of rotatable bonds is 6. The third-order valence-corrected chi connectivity index (χ3v) is 5.77. The van der Waals surface area contributed by atoms with Gasteiger partial charge in [0.05, 0.1) is 24.3 Å². The van der Waals surface area contributed by atoms with Crippen molar-refractivity contribution in [1.82, 2.24) is 4.90 Å². The number of methoxy groups -OCH3 is 2. The fourth-order valence-corrected chi connectivity index (χ4v) is 4.17. The molecule has 1 heterocycles. The Bertz CT molecular complexity index is 934. The monoisotopic (exact) mass is 477 g/mol. The molecule has 30 heavy (non-hydrogen) atoms. The molecule has 8 heteroatoms. The SMILES string of the molecule is COC(=O)c1cccc([C@H]2CC(OC(C)=O)CN2C(O)c2ccc(Br)c(OC)c2)c1. The molecule has 1 N–H and O–H groups in total. The van der Waals surface area contributed by atoms with Gasteiger partial charge in [-0.25, -0.2) is 4.79 Å². The van der Waals surface area contributed by atoms with E-state index in [0.717, 1.165) is 10.0 Å². The van der Waals surface area contributed by atoms with Gasteiger partial charge in [0.15, 0.2) is 0 Å². The molecule has 0 saturated carbocycles. The molecule has 1 aliphatic heterocycles. The summed E-state index contributed by atoms with van der Waals surface area (Å²) in [5, 5.41) is 11.2.